The van der Waals surface area contributed by atoms with Crippen molar-refractivity contribution in [2.24, 2.45) is 5.92 Å². The van der Waals surface area contributed by atoms with E-state index in [1.807, 2.05) is 6.92 Å². The van der Waals surface area contributed by atoms with Gasteiger partial charge in [-0.25, -0.2) is 8.78 Å². The molecule has 128 valence electrons. The van der Waals surface area contributed by atoms with Crippen molar-refractivity contribution in [3.05, 3.63) is 35.4 Å². The van der Waals surface area contributed by atoms with Crippen LogP contribution in [0.15, 0.2) is 18.2 Å². The zero-order valence-corrected chi connectivity index (χ0v) is 13.9. The summed E-state index contributed by atoms with van der Waals surface area (Å²) in [6.07, 6.45) is 3.73. The molecular weight excluding hydrogens is 298 g/mol. The standard InChI is InChI=1S/C18H26F2N2O/c1-3-4-13(2)18(23)21-15-7-9-22(10-8-15)12-14-5-6-16(19)17(20)11-14/h5-6,11,13,15H,3-4,7-10,12H2,1-2H3,(H,21,23). The van der Waals surface area contributed by atoms with Gasteiger partial charge in [0.2, 0.25) is 5.91 Å². The molecule has 2 rings (SSSR count). The smallest absolute Gasteiger partial charge is 0.223 e. The van der Waals surface area contributed by atoms with Crippen molar-refractivity contribution in [3.63, 3.8) is 0 Å². The fourth-order valence-electron chi connectivity index (χ4n) is 3.04. The molecule has 5 heteroatoms. The van der Waals surface area contributed by atoms with E-state index in [4.69, 9.17) is 0 Å². The third-order valence-corrected chi connectivity index (χ3v) is 4.49. The Morgan fingerprint density at radius 1 is 1.30 bits per heavy atom. The van der Waals surface area contributed by atoms with E-state index in [0.717, 1.165) is 44.3 Å². The number of hydrogen-bond donors (Lipinski definition) is 1. The zero-order chi connectivity index (χ0) is 16.8. The fourth-order valence-corrected chi connectivity index (χ4v) is 3.04. The first-order valence-electron chi connectivity index (χ1n) is 8.46. The van der Waals surface area contributed by atoms with E-state index in [-0.39, 0.29) is 17.9 Å². The summed E-state index contributed by atoms with van der Waals surface area (Å²) in [7, 11) is 0. The maximum Gasteiger partial charge on any atom is 0.223 e. The van der Waals surface area contributed by atoms with E-state index in [1.165, 1.54) is 12.1 Å². The third kappa shape index (κ3) is 5.27. The average molecular weight is 324 g/mol. The molecule has 1 aliphatic heterocycles. The van der Waals surface area contributed by atoms with Gasteiger partial charge in [-0.15, -0.1) is 0 Å². The molecule has 1 amide bonds. The van der Waals surface area contributed by atoms with Gasteiger partial charge in [-0.2, -0.15) is 0 Å². The number of nitrogens with zero attached hydrogens (tertiary/aromatic N) is 1. The third-order valence-electron chi connectivity index (χ3n) is 4.49. The summed E-state index contributed by atoms with van der Waals surface area (Å²) in [4.78, 5) is 14.3. The van der Waals surface area contributed by atoms with Crippen LogP contribution in [0.25, 0.3) is 0 Å². The van der Waals surface area contributed by atoms with E-state index in [9.17, 15) is 13.6 Å². The van der Waals surface area contributed by atoms with Crippen molar-refractivity contribution in [3.8, 4) is 0 Å². The highest BCUT2D eigenvalue weighted by Gasteiger charge is 2.22. The van der Waals surface area contributed by atoms with Crippen LogP contribution >= 0.6 is 0 Å². The minimum atomic E-state index is -0.809. The van der Waals surface area contributed by atoms with Crippen LogP contribution in [0.4, 0.5) is 8.78 Å². The fraction of sp³-hybridized carbons (Fsp3) is 0.611. The Labute approximate surface area is 137 Å². The van der Waals surface area contributed by atoms with Crippen molar-refractivity contribution in [2.75, 3.05) is 13.1 Å². The Bertz CT molecular complexity index is 528. The number of rotatable bonds is 6. The van der Waals surface area contributed by atoms with Gasteiger partial charge in [0.1, 0.15) is 0 Å². The normalized spacial score (nSPS) is 17.9. The number of amides is 1. The van der Waals surface area contributed by atoms with Crippen LogP contribution < -0.4 is 5.32 Å². The second-order valence-corrected chi connectivity index (χ2v) is 6.50. The van der Waals surface area contributed by atoms with E-state index in [2.05, 4.69) is 17.1 Å². The van der Waals surface area contributed by atoms with Crippen LogP contribution in [0.2, 0.25) is 0 Å². The quantitative estimate of drug-likeness (QED) is 0.869. The molecule has 0 spiro atoms. The first-order chi connectivity index (χ1) is 11.0. The molecule has 0 aliphatic carbocycles. The van der Waals surface area contributed by atoms with Crippen molar-refractivity contribution in [1.29, 1.82) is 0 Å². The second kappa shape index (κ2) is 8.39. The molecular formula is C18H26F2N2O. The maximum atomic E-state index is 13.2. The molecule has 1 N–H and O–H groups in total. The Morgan fingerprint density at radius 3 is 2.61 bits per heavy atom. The maximum absolute atomic E-state index is 13.2. The van der Waals surface area contributed by atoms with Gasteiger partial charge >= 0.3 is 0 Å². The number of carbonyl (C=O) groups is 1. The first-order valence-corrected chi connectivity index (χ1v) is 8.46. The topological polar surface area (TPSA) is 32.3 Å². The highest BCUT2D eigenvalue weighted by molar-refractivity contribution is 5.78. The lowest BCUT2D eigenvalue weighted by molar-refractivity contribution is -0.125. The second-order valence-electron chi connectivity index (χ2n) is 6.50. The summed E-state index contributed by atoms with van der Waals surface area (Å²) in [5.41, 5.74) is 0.781. The summed E-state index contributed by atoms with van der Waals surface area (Å²) in [5.74, 6) is -1.39. The van der Waals surface area contributed by atoms with Gasteiger partial charge in [0.05, 0.1) is 0 Å². The molecule has 1 heterocycles. The Hall–Kier alpha value is -1.49. The molecule has 1 fully saturated rings. The lowest BCUT2D eigenvalue weighted by Gasteiger charge is -2.33. The van der Waals surface area contributed by atoms with Gasteiger partial charge in [0.15, 0.2) is 11.6 Å². The number of hydrogen-bond acceptors (Lipinski definition) is 2. The van der Waals surface area contributed by atoms with Crippen LogP contribution in [-0.2, 0) is 11.3 Å². The number of piperidine rings is 1. The lowest BCUT2D eigenvalue weighted by Crippen LogP contribution is -2.45. The summed E-state index contributed by atoms with van der Waals surface area (Å²) in [6, 6.07) is 4.28. The highest BCUT2D eigenvalue weighted by Crippen LogP contribution is 2.16. The molecule has 1 aromatic rings. The van der Waals surface area contributed by atoms with Crippen LogP contribution in [0, 0.1) is 17.6 Å². The van der Waals surface area contributed by atoms with Crippen LogP contribution in [0.5, 0.6) is 0 Å². The van der Waals surface area contributed by atoms with Gasteiger partial charge in [0.25, 0.3) is 0 Å². The van der Waals surface area contributed by atoms with Crippen LogP contribution in [0.1, 0.15) is 45.1 Å². The molecule has 0 saturated carbocycles. The van der Waals surface area contributed by atoms with Gasteiger partial charge in [-0.05, 0) is 37.0 Å². The highest BCUT2D eigenvalue weighted by atomic mass is 19.2. The molecule has 1 aliphatic rings. The van der Waals surface area contributed by atoms with E-state index in [0.29, 0.717) is 6.54 Å². The van der Waals surface area contributed by atoms with Crippen molar-refractivity contribution < 1.29 is 13.6 Å². The minimum Gasteiger partial charge on any atom is -0.353 e. The molecule has 23 heavy (non-hydrogen) atoms. The monoisotopic (exact) mass is 324 g/mol. The minimum absolute atomic E-state index is 0.0696. The van der Waals surface area contributed by atoms with Crippen molar-refractivity contribution in [1.82, 2.24) is 10.2 Å². The van der Waals surface area contributed by atoms with E-state index < -0.39 is 11.6 Å². The number of nitrogens with one attached hydrogen (secondary N) is 1. The molecule has 3 nitrogen and oxygen atoms in total. The first kappa shape index (κ1) is 17.9. The number of carbonyl (C=O) groups excluding carboxylic acids is 1. The van der Waals surface area contributed by atoms with Gasteiger partial charge < -0.3 is 5.32 Å². The van der Waals surface area contributed by atoms with Crippen molar-refractivity contribution in [2.45, 2.75) is 52.1 Å². The molecule has 0 bridgehead atoms. The molecule has 0 radical (unpaired) electrons. The molecule has 1 atom stereocenters. The van der Waals surface area contributed by atoms with E-state index in [1.54, 1.807) is 6.07 Å². The molecule has 1 unspecified atom stereocenters. The summed E-state index contributed by atoms with van der Waals surface area (Å²) in [6.45, 7) is 6.37. The van der Waals surface area contributed by atoms with E-state index >= 15 is 0 Å². The number of likely N-dealkylation sites (tertiary alicyclic amines) is 1. The largest absolute Gasteiger partial charge is 0.353 e. The Kier molecular flexibility index (Phi) is 6.51. The summed E-state index contributed by atoms with van der Waals surface area (Å²) in [5, 5.41) is 3.13. The molecule has 1 aromatic carbocycles. The average Bonchev–Trinajstić information content (AvgIpc) is 2.53. The SMILES string of the molecule is CCCC(C)C(=O)NC1CCN(Cc2ccc(F)c(F)c2)CC1. The summed E-state index contributed by atoms with van der Waals surface area (Å²) >= 11 is 0. The van der Waals surface area contributed by atoms with Crippen LogP contribution in [0.3, 0.4) is 0 Å². The van der Waals surface area contributed by atoms with Gasteiger partial charge in [-0.3, -0.25) is 9.69 Å². The molecule has 1 saturated heterocycles. The van der Waals surface area contributed by atoms with Crippen molar-refractivity contribution >= 4 is 5.91 Å². The Morgan fingerprint density at radius 2 is 2.00 bits per heavy atom. The van der Waals surface area contributed by atoms with Gasteiger partial charge in [0, 0.05) is 31.6 Å². The predicted octanol–water partition coefficient (Wildman–Crippen LogP) is 3.48. The van der Waals surface area contributed by atoms with Crippen LogP contribution in [-0.4, -0.2) is 29.9 Å². The zero-order valence-electron chi connectivity index (χ0n) is 13.9. The lowest BCUT2D eigenvalue weighted by atomic mass is 10.0. The predicted molar refractivity (Wildman–Crippen MR) is 86.9 cm³/mol. The number of halogens is 2. The Balaban J connectivity index is 1.77. The number of benzene rings is 1. The molecule has 0 aromatic heterocycles. The summed E-state index contributed by atoms with van der Waals surface area (Å²) < 4.78 is 26.2. The van der Waals surface area contributed by atoms with Gasteiger partial charge in [-0.1, -0.05) is 26.3 Å².